The first kappa shape index (κ1) is 95.4. The van der Waals surface area contributed by atoms with Gasteiger partial charge in [-0.2, -0.15) is 0 Å². The highest BCUT2D eigenvalue weighted by Gasteiger charge is 2.63. The Morgan fingerprint density at radius 1 is 0.527 bits per heavy atom. The molecule has 26 nitrogen and oxygen atoms in total. The van der Waals surface area contributed by atoms with Gasteiger partial charge >= 0.3 is 23.9 Å². The van der Waals surface area contributed by atoms with E-state index in [1.165, 1.54) is 24.9 Å². The number of thiazole rings is 2. The van der Waals surface area contributed by atoms with Gasteiger partial charge in [0, 0.05) is 138 Å². The molecule has 4 saturated heterocycles. The number of Topliss-reactive ketones (excluding diaryl/α,β-unsaturated/α-hetero) is 2. The predicted molar refractivity (Wildman–Crippen MR) is 498 cm³/mol. The molecular weight excluding hydrogens is 1720 g/mol. The number of carbonyl (C=O) groups is 8. The van der Waals surface area contributed by atoms with Crippen LogP contribution in [0.15, 0.2) is 72.5 Å². The van der Waals surface area contributed by atoms with Gasteiger partial charge < -0.3 is 57.9 Å². The molecule has 16 rings (SSSR count). The maximum Gasteiger partial charge on any atom is 0.312 e. The lowest BCUT2D eigenvalue weighted by atomic mass is 9.77. The topological polar surface area (TPSA) is 292 Å². The van der Waals surface area contributed by atoms with Gasteiger partial charge in [0.1, 0.15) is 70.7 Å². The Hall–Kier alpha value is -8.22. The maximum atomic E-state index is 15.0. The highest BCUT2D eigenvalue weighted by Crippen LogP contribution is 2.59. The van der Waals surface area contributed by atoms with Crippen molar-refractivity contribution in [1.82, 2.24) is 49.3 Å². The third kappa shape index (κ3) is 22.2. The van der Waals surface area contributed by atoms with Crippen molar-refractivity contribution in [3.05, 3.63) is 92.5 Å². The van der Waals surface area contributed by atoms with Gasteiger partial charge in [0.15, 0.2) is 11.6 Å². The number of methoxy groups -OCH3 is 1. The molecule has 4 aromatic heterocycles. The number of aliphatic carboxylic acids is 1. The van der Waals surface area contributed by atoms with Crippen LogP contribution >= 0.6 is 45.9 Å². The number of ketones is 2. The number of ether oxygens (including phenoxy) is 7. The van der Waals surface area contributed by atoms with Crippen molar-refractivity contribution >= 4 is 115 Å². The summed E-state index contributed by atoms with van der Waals surface area (Å²) in [5, 5.41) is 18.2. The van der Waals surface area contributed by atoms with Crippen molar-refractivity contribution < 1.29 is 76.6 Å². The summed E-state index contributed by atoms with van der Waals surface area (Å²) < 4.78 is 43.4. The molecule has 2 aromatic carbocycles. The number of piperazine rings is 2. The van der Waals surface area contributed by atoms with E-state index in [2.05, 4.69) is 74.5 Å². The molecule has 6 aliphatic carbocycles. The summed E-state index contributed by atoms with van der Waals surface area (Å²) in [4.78, 5) is 144. The number of rotatable bonds is 36. The lowest BCUT2D eigenvalue weighted by Gasteiger charge is -2.35. The number of hydrogen-bond donors (Lipinski definition) is 1. The molecule has 6 saturated carbocycles. The average Bonchev–Trinajstić information content (AvgIpc) is 1.60. The summed E-state index contributed by atoms with van der Waals surface area (Å²) in [5.74, 6) is -0.419. The molecule has 129 heavy (non-hydrogen) atoms. The zero-order chi connectivity index (χ0) is 92.0. The largest absolute Gasteiger partial charge is 0.491 e. The zero-order valence-electron chi connectivity index (χ0n) is 77.3. The number of hydrogen-bond acceptors (Lipinski definition) is 25. The molecule has 10 fully saturated rings. The standard InChI is InChI=1S/C50H66ClN5O8S.C49H64ClN5O8S/c1-9-32-25-50(32,48(60)61-8)26-40(57)39-22-34(27-56(39)47(59)36(49(4,5)6)23-44(58)64-33-20-30-19-31(30)21-33)63-42-24-37(38-28-65-43(52-38)18-29(2)3)53-46-35(42)10-11-41(45(46)51)62-17-16-55-14-12-54(7)13-15-55;1-8-31-24-49(31,47(59)60)25-39(56)38-21-33(26-55(38)46(58)35(48(4,5)6)22-43(57)63-32-19-29-18-30(29)20-32)62-41-23-36(37-27-64-42(51-37)17-28(2)3)52-45-34(41)9-10-40(44(45)50)61-16-15-54-13-11-53(7)12-14-54/h9-11,24,28-34,36,39H,1,12-23,25-27H2,2-8H3;8-10,23,27-33,35,38H,1,11-22,24-26H2,2-7H3,(H,59,60)/t30-,31+,32-,33?,34-,36-,39+,50?;29-,30+,31-,32?,33-,35-,38+,49?/m11/s1. The van der Waals surface area contributed by atoms with E-state index in [0.717, 1.165) is 114 Å². The fourth-order valence-electron chi connectivity index (χ4n) is 20.4. The first-order chi connectivity index (χ1) is 61.4. The minimum atomic E-state index is -1.26. The average molecular weight is 1850 g/mol. The van der Waals surface area contributed by atoms with Gasteiger partial charge in [0.2, 0.25) is 11.8 Å². The van der Waals surface area contributed by atoms with E-state index in [1.54, 1.807) is 39.7 Å². The monoisotopic (exact) mass is 1850 g/mol. The second-order valence-electron chi connectivity index (χ2n) is 41.4. The Morgan fingerprint density at radius 3 is 1.27 bits per heavy atom. The Bertz CT molecular complexity index is 5170. The molecule has 0 radical (unpaired) electrons. The molecule has 0 spiro atoms. The fraction of sp³-hybridized carbons (Fsp3) is 0.636. The third-order valence-corrected chi connectivity index (χ3v) is 31.2. The van der Waals surface area contributed by atoms with E-state index in [-0.39, 0.29) is 99.0 Å². The highest BCUT2D eigenvalue weighted by atomic mass is 35.5. The first-order valence-electron chi connectivity index (χ1n) is 46.6. The fourth-order valence-corrected chi connectivity index (χ4v) is 22.9. The quantitative estimate of drug-likeness (QED) is 0.0217. The van der Waals surface area contributed by atoms with Crippen LogP contribution in [0.3, 0.4) is 0 Å². The van der Waals surface area contributed by atoms with Crippen LogP contribution in [0.2, 0.25) is 10.0 Å². The number of esters is 3. The van der Waals surface area contributed by atoms with Gasteiger partial charge in [-0.25, -0.2) is 19.9 Å². The van der Waals surface area contributed by atoms with Crippen molar-refractivity contribution in [3.63, 3.8) is 0 Å². The predicted octanol–water partition coefficient (Wildman–Crippen LogP) is 15.7. The number of amides is 2. The minimum absolute atomic E-state index is 0.0451. The molecule has 16 atom stereocenters. The number of allylic oxidation sites excluding steroid dienone is 2. The normalized spacial score (nSPS) is 27.2. The molecule has 6 aromatic rings. The van der Waals surface area contributed by atoms with Crippen LogP contribution in [0.4, 0.5) is 0 Å². The smallest absolute Gasteiger partial charge is 0.312 e. The number of halogens is 2. The number of fused-ring (bicyclic) bond motifs is 4. The van der Waals surface area contributed by atoms with Crippen molar-refractivity contribution in [1.29, 1.82) is 0 Å². The summed E-state index contributed by atoms with van der Waals surface area (Å²) >= 11 is 17.5. The Kier molecular flexibility index (Phi) is 29.2. The third-order valence-electron chi connectivity index (χ3n) is 28.7. The van der Waals surface area contributed by atoms with E-state index in [1.807, 2.05) is 88.7 Å². The Morgan fingerprint density at radius 2 is 0.915 bits per heavy atom. The van der Waals surface area contributed by atoms with Gasteiger partial charge in [-0.15, -0.1) is 35.8 Å². The summed E-state index contributed by atoms with van der Waals surface area (Å²) in [7, 11) is 5.59. The zero-order valence-corrected chi connectivity index (χ0v) is 80.4. The van der Waals surface area contributed by atoms with Gasteiger partial charge in [-0.05, 0) is 148 Å². The van der Waals surface area contributed by atoms with Gasteiger partial charge in [-0.1, -0.05) is 105 Å². The van der Waals surface area contributed by atoms with E-state index in [4.69, 9.17) is 76.3 Å². The van der Waals surface area contributed by atoms with Crippen LogP contribution < -0.4 is 18.9 Å². The van der Waals surface area contributed by atoms with Crippen LogP contribution in [-0.2, 0) is 65.4 Å². The number of nitrogens with zero attached hydrogens (tertiary/aromatic N) is 10. The molecule has 4 unspecified atom stereocenters. The lowest BCUT2D eigenvalue weighted by Crippen LogP contribution is -2.48. The summed E-state index contributed by atoms with van der Waals surface area (Å²) in [6, 6.07) is 9.22. The number of carbonyl (C=O) groups excluding carboxylic acids is 7. The van der Waals surface area contributed by atoms with Gasteiger partial charge in [0.05, 0.1) is 112 Å². The van der Waals surface area contributed by atoms with Crippen molar-refractivity contribution in [2.75, 3.05) is 113 Å². The lowest BCUT2D eigenvalue weighted by molar-refractivity contribution is -0.157. The van der Waals surface area contributed by atoms with Crippen molar-refractivity contribution in [2.45, 2.75) is 208 Å². The molecular formula is C99H130Cl2N10O16S2. The summed E-state index contributed by atoms with van der Waals surface area (Å²) in [6.45, 7) is 38.4. The first-order valence-corrected chi connectivity index (χ1v) is 49.1. The van der Waals surface area contributed by atoms with Crippen molar-refractivity contribution in [2.24, 2.45) is 80.8 Å². The SMILES string of the molecule is C=C[C@@H]1CC1(CC(=O)[C@@H]1C[C@@H](Oc2cc(-c3csc(CC(C)C)n3)nc3c(Cl)c(OCCN4CCN(C)CC4)ccc23)CN1C(=O)[C@@H](CC(=O)OC1C[C@@H]2C[C@@H]2C1)C(C)(C)C)C(=O)O.C=C[C@@H]1CC1(CC(=O)[C@@H]1C[C@@H](Oc2cc(-c3csc(CC(C)C)n3)nc3c(Cl)c(OCCN4CCN(C)CC4)ccc23)CN1C(=O)[C@@H](CC(=O)OC1C[C@@H]2C[C@@H]2C1)C(C)(C)C)C(=O)OC. The minimum Gasteiger partial charge on any atom is -0.491 e. The molecule has 1 N–H and O–H groups in total. The van der Waals surface area contributed by atoms with Crippen LogP contribution in [0.25, 0.3) is 44.6 Å². The Labute approximate surface area is 776 Å². The van der Waals surface area contributed by atoms with E-state index < -0.39 is 81.7 Å². The van der Waals surface area contributed by atoms with Crippen molar-refractivity contribution in [3.8, 4) is 45.8 Å². The molecule has 10 aliphatic rings. The van der Waals surface area contributed by atoms with Crippen LogP contribution in [-0.4, -0.2) is 251 Å². The van der Waals surface area contributed by atoms with E-state index >= 15 is 0 Å². The maximum absolute atomic E-state index is 15.0. The molecule has 8 heterocycles. The van der Waals surface area contributed by atoms with Crippen LogP contribution in [0, 0.1) is 80.8 Å². The second-order valence-corrected chi connectivity index (χ2v) is 44.0. The summed E-state index contributed by atoms with van der Waals surface area (Å²) in [5.41, 5.74) is -0.137. The van der Waals surface area contributed by atoms with E-state index in [9.17, 15) is 43.5 Å². The molecule has 4 aliphatic heterocycles. The summed E-state index contributed by atoms with van der Waals surface area (Å²) in [6.07, 6.45) is 9.73. The Balaban J connectivity index is 0.000000198. The molecule has 30 heteroatoms. The number of benzene rings is 2. The number of aromatic nitrogens is 4. The van der Waals surface area contributed by atoms with E-state index in [0.29, 0.717) is 139 Å². The second kappa shape index (κ2) is 39.5. The number of likely N-dealkylation sites (tertiary alicyclic amines) is 2. The highest BCUT2D eigenvalue weighted by molar-refractivity contribution is 7.10. The number of pyridine rings is 2. The van der Waals surface area contributed by atoms with Gasteiger partial charge in [-0.3, -0.25) is 48.2 Å². The molecule has 0 bridgehead atoms. The van der Waals surface area contributed by atoms with Crippen LogP contribution in [0.1, 0.15) is 169 Å². The molecule has 698 valence electrons. The van der Waals surface area contributed by atoms with Gasteiger partial charge in [0.25, 0.3) is 0 Å². The number of likely N-dealkylation sites (N-methyl/N-ethyl adjacent to an activating group) is 2. The van der Waals surface area contributed by atoms with Crippen LogP contribution in [0.5, 0.6) is 23.0 Å². The number of carboxylic acid groups (broad SMARTS) is 1. The number of carboxylic acids is 1. The molecule has 2 amide bonds.